The van der Waals surface area contributed by atoms with E-state index in [9.17, 15) is 9.59 Å². The molecule has 0 atom stereocenters. The molecule has 1 aromatic carbocycles. The molecule has 7 heteroatoms. The van der Waals surface area contributed by atoms with Crippen LogP contribution in [0.2, 0.25) is 0 Å². The van der Waals surface area contributed by atoms with Crippen LogP contribution in [0.1, 0.15) is 75.7 Å². The largest absolute Gasteiger partial charge is 0.460 e. The van der Waals surface area contributed by atoms with E-state index < -0.39 is 5.60 Å². The first kappa shape index (κ1) is 26.5. The second kappa shape index (κ2) is 13.7. The zero-order chi connectivity index (χ0) is 23.3. The molecule has 0 heterocycles. The highest BCUT2D eigenvalue weighted by Crippen LogP contribution is 2.11. The van der Waals surface area contributed by atoms with Crippen LogP contribution in [-0.4, -0.2) is 55.5 Å². The van der Waals surface area contributed by atoms with E-state index in [1.807, 2.05) is 52.0 Å². The van der Waals surface area contributed by atoms with Crippen molar-refractivity contribution in [2.75, 3.05) is 27.2 Å². The second-order valence-corrected chi connectivity index (χ2v) is 8.77. The van der Waals surface area contributed by atoms with Crippen molar-refractivity contribution < 1.29 is 14.3 Å². The lowest BCUT2D eigenvalue weighted by Gasteiger charge is -2.19. The molecule has 1 aromatic rings. The third-order valence-corrected chi connectivity index (χ3v) is 4.39. The van der Waals surface area contributed by atoms with E-state index in [2.05, 4.69) is 15.6 Å². The van der Waals surface area contributed by atoms with Gasteiger partial charge in [-0.25, -0.2) is 4.99 Å². The number of amides is 1. The summed E-state index contributed by atoms with van der Waals surface area (Å²) in [5.74, 6) is 0.659. The normalized spacial score (nSPS) is 11.7. The molecular formula is C24H40N4O3. The highest BCUT2D eigenvalue weighted by Gasteiger charge is 2.15. The number of hydrogen-bond acceptors (Lipinski definition) is 4. The predicted octanol–water partition coefficient (Wildman–Crippen LogP) is 3.74. The summed E-state index contributed by atoms with van der Waals surface area (Å²) in [5.41, 5.74) is 1.32. The fraction of sp³-hybridized carbons (Fsp3) is 0.625. The number of guanidine groups is 1. The third kappa shape index (κ3) is 12.0. The zero-order valence-corrected chi connectivity index (χ0v) is 20.1. The molecule has 0 radical (unpaired) electrons. The Morgan fingerprint density at radius 2 is 1.65 bits per heavy atom. The van der Waals surface area contributed by atoms with Gasteiger partial charge in [-0.2, -0.15) is 0 Å². The van der Waals surface area contributed by atoms with E-state index in [1.54, 1.807) is 19.0 Å². The summed E-state index contributed by atoms with van der Waals surface area (Å²) in [6, 6.07) is 7.55. The smallest absolute Gasteiger partial charge is 0.306 e. The fourth-order valence-electron chi connectivity index (χ4n) is 2.87. The minimum atomic E-state index is -0.408. The molecule has 0 saturated heterocycles. The molecule has 7 nitrogen and oxygen atoms in total. The van der Waals surface area contributed by atoms with Crippen LogP contribution in [0, 0.1) is 0 Å². The predicted molar refractivity (Wildman–Crippen MR) is 126 cm³/mol. The Morgan fingerprint density at radius 3 is 2.23 bits per heavy atom. The number of aliphatic imine (C=N–C) groups is 1. The summed E-state index contributed by atoms with van der Waals surface area (Å²) in [6.45, 7) is 9.87. The molecule has 0 unspecified atom stereocenters. The molecule has 0 saturated carbocycles. The number of nitrogens with one attached hydrogen (secondary N) is 2. The van der Waals surface area contributed by atoms with E-state index >= 15 is 0 Å². The van der Waals surface area contributed by atoms with Crippen molar-refractivity contribution in [3.63, 3.8) is 0 Å². The number of nitrogens with zero attached hydrogens (tertiary/aromatic N) is 2. The van der Waals surface area contributed by atoms with Crippen molar-refractivity contribution in [3.05, 3.63) is 35.4 Å². The van der Waals surface area contributed by atoms with Gasteiger partial charge < -0.3 is 20.3 Å². The molecule has 0 aromatic heterocycles. The lowest BCUT2D eigenvalue weighted by molar-refractivity contribution is -0.154. The first-order chi connectivity index (χ1) is 14.6. The Balaban J connectivity index is 2.33. The van der Waals surface area contributed by atoms with Crippen molar-refractivity contribution in [2.45, 2.75) is 71.9 Å². The zero-order valence-electron chi connectivity index (χ0n) is 20.1. The number of carbonyl (C=O) groups excluding carboxylic acids is 2. The molecule has 0 aliphatic rings. The Hall–Kier alpha value is -2.57. The maximum Gasteiger partial charge on any atom is 0.306 e. The maximum absolute atomic E-state index is 12.0. The van der Waals surface area contributed by atoms with E-state index in [0.29, 0.717) is 18.5 Å². The molecule has 0 aliphatic heterocycles. The SMILES string of the molecule is CCNC(=NCc1ccc(C(=O)N(C)C)cc1)NCCCCCCC(=O)OC(C)(C)C. The van der Waals surface area contributed by atoms with Gasteiger partial charge in [-0.3, -0.25) is 9.59 Å². The summed E-state index contributed by atoms with van der Waals surface area (Å²) in [6.07, 6.45) is 4.41. The molecule has 1 rings (SSSR count). The number of ether oxygens (including phenoxy) is 1. The van der Waals surface area contributed by atoms with Gasteiger partial charge in [0.1, 0.15) is 5.60 Å². The molecule has 2 N–H and O–H groups in total. The van der Waals surface area contributed by atoms with Crippen LogP contribution in [0.5, 0.6) is 0 Å². The van der Waals surface area contributed by atoms with Crippen LogP contribution in [-0.2, 0) is 16.1 Å². The molecule has 31 heavy (non-hydrogen) atoms. The molecule has 0 spiro atoms. The van der Waals surface area contributed by atoms with Crippen molar-refractivity contribution in [2.24, 2.45) is 4.99 Å². The second-order valence-electron chi connectivity index (χ2n) is 8.77. The van der Waals surface area contributed by atoms with E-state index in [1.165, 1.54) is 0 Å². The van der Waals surface area contributed by atoms with Crippen LogP contribution in [0.15, 0.2) is 29.3 Å². The Bertz CT molecular complexity index is 707. The van der Waals surface area contributed by atoms with Gasteiger partial charge in [0.15, 0.2) is 5.96 Å². The third-order valence-electron chi connectivity index (χ3n) is 4.39. The average Bonchev–Trinajstić information content (AvgIpc) is 2.69. The lowest BCUT2D eigenvalue weighted by atomic mass is 10.1. The number of esters is 1. The topological polar surface area (TPSA) is 83.0 Å². The number of rotatable bonds is 11. The van der Waals surface area contributed by atoms with Crippen molar-refractivity contribution in [1.29, 1.82) is 0 Å². The van der Waals surface area contributed by atoms with Gasteiger partial charge in [-0.05, 0) is 58.2 Å². The van der Waals surface area contributed by atoms with E-state index in [-0.39, 0.29) is 11.9 Å². The Kier molecular flexibility index (Phi) is 11.7. The van der Waals surface area contributed by atoms with Crippen molar-refractivity contribution in [3.8, 4) is 0 Å². The summed E-state index contributed by atoms with van der Waals surface area (Å²) in [7, 11) is 3.49. The lowest BCUT2D eigenvalue weighted by Crippen LogP contribution is -2.37. The minimum absolute atomic E-state index is 0.00356. The molecule has 174 valence electrons. The number of carbonyl (C=O) groups is 2. The van der Waals surface area contributed by atoms with Crippen molar-refractivity contribution in [1.82, 2.24) is 15.5 Å². The van der Waals surface area contributed by atoms with Gasteiger partial charge in [0.05, 0.1) is 6.54 Å². The van der Waals surface area contributed by atoms with Crippen LogP contribution >= 0.6 is 0 Å². The quantitative estimate of drug-likeness (QED) is 0.241. The Morgan fingerprint density at radius 1 is 1.00 bits per heavy atom. The van der Waals surface area contributed by atoms with Crippen LogP contribution in [0.4, 0.5) is 0 Å². The van der Waals surface area contributed by atoms with E-state index in [0.717, 1.165) is 50.3 Å². The van der Waals surface area contributed by atoms with Crippen LogP contribution < -0.4 is 10.6 Å². The average molecular weight is 433 g/mol. The highest BCUT2D eigenvalue weighted by atomic mass is 16.6. The fourth-order valence-corrected chi connectivity index (χ4v) is 2.87. The number of unbranched alkanes of at least 4 members (excludes halogenated alkanes) is 3. The summed E-state index contributed by atoms with van der Waals surface area (Å²) in [4.78, 5) is 29.9. The van der Waals surface area contributed by atoms with Gasteiger partial charge in [0.25, 0.3) is 5.91 Å². The standard InChI is InChI=1S/C24H40N4O3/c1-7-25-23(26-17-11-9-8-10-12-21(29)31-24(2,3)4)27-18-19-13-15-20(16-14-19)22(30)28(5)6/h13-16H,7-12,17-18H2,1-6H3,(H2,25,26,27). The van der Waals surface area contributed by atoms with Gasteiger partial charge in [0, 0.05) is 39.2 Å². The molecular weight excluding hydrogens is 392 g/mol. The molecule has 0 fully saturated rings. The maximum atomic E-state index is 12.0. The van der Waals surface area contributed by atoms with Crippen molar-refractivity contribution >= 4 is 17.8 Å². The monoisotopic (exact) mass is 432 g/mol. The number of benzene rings is 1. The Labute approximate surface area is 187 Å². The van der Waals surface area contributed by atoms with Gasteiger partial charge >= 0.3 is 5.97 Å². The molecule has 0 bridgehead atoms. The summed E-state index contributed by atoms with van der Waals surface area (Å²) >= 11 is 0. The van der Waals surface area contributed by atoms with Gasteiger partial charge in [-0.1, -0.05) is 25.0 Å². The summed E-state index contributed by atoms with van der Waals surface area (Å²) in [5, 5.41) is 6.61. The van der Waals surface area contributed by atoms with Crippen LogP contribution in [0.3, 0.4) is 0 Å². The summed E-state index contributed by atoms with van der Waals surface area (Å²) < 4.78 is 5.32. The molecule has 1 amide bonds. The molecule has 0 aliphatic carbocycles. The van der Waals surface area contributed by atoms with Gasteiger partial charge in [0.2, 0.25) is 0 Å². The number of hydrogen-bond donors (Lipinski definition) is 2. The van der Waals surface area contributed by atoms with Gasteiger partial charge in [-0.15, -0.1) is 0 Å². The highest BCUT2D eigenvalue weighted by molar-refractivity contribution is 5.93. The first-order valence-electron chi connectivity index (χ1n) is 11.2. The van der Waals surface area contributed by atoms with Crippen LogP contribution in [0.25, 0.3) is 0 Å². The minimum Gasteiger partial charge on any atom is -0.460 e. The first-order valence-corrected chi connectivity index (χ1v) is 11.2. The van der Waals surface area contributed by atoms with E-state index in [4.69, 9.17) is 4.74 Å².